The first-order valence-electron chi connectivity index (χ1n) is 28.1. The van der Waals surface area contributed by atoms with Gasteiger partial charge in [-0.2, -0.15) is 0 Å². The quantitative estimate of drug-likeness (QED) is 0.0392. The highest BCUT2D eigenvalue weighted by atomic mass is 16.6. The highest BCUT2D eigenvalue weighted by molar-refractivity contribution is 6.24. The minimum absolute atomic E-state index is 0.00628. The fourth-order valence-electron chi connectivity index (χ4n) is 10.9. The highest BCUT2D eigenvalue weighted by Gasteiger charge is 2.48. The van der Waals surface area contributed by atoms with Crippen LogP contribution in [-0.4, -0.2) is 132 Å². The first kappa shape index (κ1) is 59.1. The van der Waals surface area contributed by atoms with Crippen molar-refractivity contribution in [3.63, 3.8) is 0 Å². The first-order chi connectivity index (χ1) is 39.8. The standard InChI is InChI=1S/C61H73BN8O13/c1-61(2,3)83-59(76)64-25-13-12-18-43(66-55(72)53(62)63)54(71)65-39-23-21-36(22-24-39)35-82-60(77)70-47-33-52(50(79-6)31-42(47)57(74)69-45-20-11-9-17-38(45)29-48(69)58(70)75)81-27-15-7-14-26-80-51-32-46-41(30-49(51)78-5)56(73)68-40(34-67(46)4)28-37-16-8-10-19-44(37)68/h8-11,16-17,19-24,30-33,40,43,48,53,58,75H,7,12-15,18,25-29,34-35,62-63H2,1-6H3,(H,64,76)(H,65,71)(H,66,72)/t40-,43-,48-,53+,58?/m0/s1. The van der Waals surface area contributed by atoms with E-state index in [-0.39, 0.29) is 60.8 Å². The number of rotatable bonds is 21. The van der Waals surface area contributed by atoms with Crippen molar-refractivity contribution in [3.8, 4) is 23.0 Å². The number of nitrogens with zero attached hydrogens (tertiary/aromatic N) is 4. The van der Waals surface area contributed by atoms with Crippen molar-refractivity contribution >= 4 is 72.1 Å². The number of carbonyl (C=O) groups is 6. The number of alkyl carbamates (subject to hydrolysis) is 1. The molecule has 438 valence electrons. The summed E-state index contributed by atoms with van der Waals surface area (Å²) < 4.78 is 35.3. The molecule has 0 aliphatic carbocycles. The summed E-state index contributed by atoms with van der Waals surface area (Å²) in [7, 11) is 6.52. The third-order valence-corrected chi connectivity index (χ3v) is 15.0. The molecule has 4 aliphatic rings. The SMILES string of the molecule is B[C@H](N)C(=O)N[C@@H](CCCCNC(=O)OC(C)(C)C)C(=O)Nc1ccc(COC(=O)N2c3cc(OCCCCCOc4cc5c(cc4OC)C(=O)N4c6ccccc6C[C@H]4CN5C)c(OC)cc3C(=O)N3c4ccccc4C[C@H]3C2O)cc1. The van der Waals surface area contributed by atoms with Gasteiger partial charge >= 0.3 is 12.2 Å². The van der Waals surface area contributed by atoms with Crippen molar-refractivity contribution in [2.24, 2.45) is 5.73 Å². The summed E-state index contributed by atoms with van der Waals surface area (Å²) in [6, 6.07) is 26.8. The molecule has 5 atom stereocenters. The molecule has 6 amide bonds. The van der Waals surface area contributed by atoms with Crippen LogP contribution in [0.25, 0.3) is 0 Å². The molecule has 0 fully saturated rings. The van der Waals surface area contributed by atoms with Crippen LogP contribution >= 0.6 is 0 Å². The fraction of sp³-hybridized carbons (Fsp3) is 0.410. The largest absolute Gasteiger partial charge is 0.493 e. The van der Waals surface area contributed by atoms with E-state index in [4.69, 9.17) is 34.2 Å². The lowest BCUT2D eigenvalue weighted by atomic mass is 9.96. The minimum Gasteiger partial charge on any atom is -0.493 e. The Morgan fingerprint density at radius 2 is 1.31 bits per heavy atom. The highest BCUT2D eigenvalue weighted by Crippen LogP contribution is 2.45. The molecule has 0 spiro atoms. The van der Waals surface area contributed by atoms with E-state index in [1.54, 1.807) is 64.3 Å². The maximum absolute atomic E-state index is 14.7. The minimum atomic E-state index is -1.55. The van der Waals surface area contributed by atoms with Gasteiger partial charge in [0, 0.05) is 49.3 Å². The van der Waals surface area contributed by atoms with E-state index in [0.29, 0.717) is 85.8 Å². The number of fused-ring (bicyclic) bond motifs is 8. The summed E-state index contributed by atoms with van der Waals surface area (Å²) >= 11 is 0. The predicted octanol–water partition coefficient (Wildman–Crippen LogP) is 6.44. The third kappa shape index (κ3) is 13.4. The zero-order valence-corrected chi connectivity index (χ0v) is 48.0. The number of unbranched alkanes of at least 4 members (excludes halogenated alkanes) is 3. The van der Waals surface area contributed by atoms with Crippen LogP contribution in [0.15, 0.2) is 97.1 Å². The molecule has 83 heavy (non-hydrogen) atoms. The van der Waals surface area contributed by atoms with Crippen LogP contribution in [0.2, 0.25) is 0 Å². The molecule has 22 heteroatoms. The normalized spacial score (nSPS) is 17.5. The van der Waals surface area contributed by atoms with E-state index < -0.39 is 59.8 Å². The molecule has 5 aromatic carbocycles. The van der Waals surface area contributed by atoms with Gasteiger partial charge in [0.25, 0.3) is 11.8 Å². The van der Waals surface area contributed by atoms with Crippen LogP contribution in [0.3, 0.4) is 0 Å². The number of amides is 6. The maximum atomic E-state index is 14.7. The lowest BCUT2D eigenvalue weighted by Gasteiger charge is -2.32. The van der Waals surface area contributed by atoms with E-state index >= 15 is 0 Å². The van der Waals surface area contributed by atoms with Crippen molar-refractivity contribution in [1.82, 2.24) is 10.6 Å². The average molecular weight is 1140 g/mol. The van der Waals surface area contributed by atoms with Gasteiger partial charge in [-0.1, -0.05) is 48.5 Å². The van der Waals surface area contributed by atoms with Crippen LogP contribution in [0.5, 0.6) is 23.0 Å². The van der Waals surface area contributed by atoms with E-state index in [1.807, 2.05) is 54.4 Å². The van der Waals surface area contributed by atoms with Crippen LogP contribution in [-0.2, 0) is 38.5 Å². The Balaban J connectivity index is 0.833. The maximum Gasteiger partial charge on any atom is 0.416 e. The molecule has 4 heterocycles. The third-order valence-electron chi connectivity index (χ3n) is 15.0. The molecule has 6 N–H and O–H groups in total. The van der Waals surface area contributed by atoms with Gasteiger partial charge in [0.15, 0.2) is 29.2 Å². The zero-order chi connectivity index (χ0) is 59.1. The van der Waals surface area contributed by atoms with Crippen molar-refractivity contribution in [1.29, 1.82) is 0 Å². The Hall–Kier alpha value is -8.50. The van der Waals surface area contributed by atoms with Crippen molar-refractivity contribution in [2.75, 3.05) is 72.5 Å². The predicted molar refractivity (Wildman–Crippen MR) is 316 cm³/mol. The fourth-order valence-corrected chi connectivity index (χ4v) is 10.9. The van der Waals surface area contributed by atoms with E-state index in [1.165, 1.54) is 32.0 Å². The Labute approximate surface area is 484 Å². The second-order valence-corrected chi connectivity index (χ2v) is 22.2. The van der Waals surface area contributed by atoms with Gasteiger partial charge in [-0.25, -0.2) is 14.5 Å². The second kappa shape index (κ2) is 25.7. The Bertz CT molecular complexity index is 3230. The van der Waals surface area contributed by atoms with Gasteiger partial charge in [0.1, 0.15) is 26.1 Å². The average Bonchev–Trinajstić information content (AvgIpc) is 2.38. The van der Waals surface area contributed by atoms with Crippen LogP contribution in [0.1, 0.15) is 96.7 Å². The number of aliphatic hydroxyl groups is 1. The molecule has 0 saturated carbocycles. The molecule has 0 bridgehead atoms. The van der Waals surface area contributed by atoms with Crippen LogP contribution in [0, 0.1) is 0 Å². The van der Waals surface area contributed by atoms with E-state index in [0.717, 1.165) is 33.8 Å². The molecule has 1 unspecified atom stereocenters. The Morgan fingerprint density at radius 1 is 0.723 bits per heavy atom. The van der Waals surface area contributed by atoms with Crippen LogP contribution < -0.4 is 60.2 Å². The van der Waals surface area contributed by atoms with Gasteiger partial charge in [0.05, 0.1) is 68.0 Å². The van der Waals surface area contributed by atoms with Gasteiger partial charge < -0.3 is 69.9 Å². The molecule has 0 saturated heterocycles. The lowest BCUT2D eigenvalue weighted by molar-refractivity contribution is -0.126. The molecular formula is C61H73BN8O13. The molecule has 4 aliphatic heterocycles. The number of anilines is 5. The smallest absolute Gasteiger partial charge is 0.416 e. The zero-order valence-electron chi connectivity index (χ0n) is 48.0. The number of likely N-dealkylation sites (N-methyl/N-ethyl adjacent to an activating group) is 1. The number of methoxy groups -OCH3 is 2. The van der Waals surface area contributed by atoms with Crippen molar-refractivity contribution in [2.45, 2.75) is 115 Å². The van der Waals surface area contributed by atoms with Gasteiger partial charge in [-0.3, -0.25) is 19.2 Å². The number of hydrogen-bond acceptors (Lipinski definition) is 15. The molecular weight excluding hydrogens is 1060 g/mol. The molecule has 0 radical (unpaired) electrons. The molecule has 0 aromatic heterocycles. The monoisotopic (exact) mass is 1140 g/mol. The number of carbonyl (C=O) groups excluding carboxylic acids is 6. The number of aliphatic hydroxyl groups excluding tert-OH is 1. The second-order valence-electron chi connectivity index (χ2n) is 22.2. The van der Waals surface area contributed by atoms with Crippen molar-refractivity contribution in [3.05, 3.63) is 125 Å². The molecule has 5 aromatic rings. The number of nitrogens with one attached hydrogen (secondary N) is 3. The van der Waals surface area contributed by atoms with Gasteiger partial charge in [-0.05, 0) is 125 Å². The number of benzene rings is 5. The molecule has 21 nitrogen and oxygen atoms in total. The number of nitrogens with two attached hydrogens (primary N) is 1. The first-order valence-corrected chi connectivity index (χ1v) is 28.1. The summed E-state index contributed by atoms with van der Waals surface area (Å²) in [6.07, 6.45) is 1.27. The summed E-state index contributed by atoms with van der Waals surface area (Å²) in [5.41, 5.74) is 11.1. The number of para-hydroxylation sites is 2. The van der Waals surface area contributed by atoms with Crippen molar-refractivity contribution < 1.29 is 62.3 Å². The summed E-state index contributed by atoms with van der Waals surface area (Å²) in [4.78, 5) is 88.0. The van der Waals surface area contributed by atoms with Crippen LogP contribution in [0.4, 0.5) is 38.0 Å². The summed E-state index contributed by atoms with van der Waals surface area (Å²) in [6.45, 7) is 6.64. The van der Waals surface area contributed by atoms with Gasteiger partial charge in [0.2, 0.25) is 11.8 Å². The van der Waals surface area contributed by atoms with E-state index in [2.05, 4.69) is 26.9 Å². The topological polar surface area (TPSA) is 253 Å². The van der Waals surface area contributed by atoms with E-state index in [9.17, 15) is 33.9 Å². The summed E-state index contributed by atoms with van der Waals surface area (Å²) in [5.74, 6) is -0.855. The Kier molecular flexibility index (Phi) is 18.3. The van der Waals surface area contributed by atoms with Gasteiger partial charge in [-0.15, -0.1) is 0 Å². The number of hydrogen-bond donors (Lipinski definition) is 5. The Morgan fingerprint density at radius 3 is 1.94 bits per heavy atom. The molecule has 9 rings (SSSR count). The summed E-state index contributed by atoms with van der Waals surface area (Å²) in [5, 5.41) is 20.5. The number of ether oxygens (including phenoxy) is 6. The lowest BCUT2D eigenvalue weighted by Crippen LogP contribution is -2.52.